The average Bonchev–Trinajstić information content (AvgIpc) is 2.98. The van der Waals surface area contributed by atoms with Crippen LogP contribution in [0, 0.1) is 12.7 Å². The van der Waals surface area contributed by atoms with Gasteiger partial charge < -0.3 is 10.2 Å². The molecule has 1 N–H and O–H groups in total. The molecule has 0 spiro atoms. The van der Waals surface area contributed by atoms with Gasteiger partial charge in [-0.15, -0.1) is 0 Å². The van der Waals surface area contributed by atoms with Crippen molar-refractivity contribution in [1.29, 1.82) is 0 Å². The van der Waals surface area contributed by atoms with E-state index in [2.05, 4.69) is 21.2 Å². The number of sulfonamides is 1. The van der Waals surface area contributed by atoms with Crippen molar-refractivity contribution in [2.45, 2.75) is 30.8 Å². The van der Waals surface area contributed by atoms with E-state index in [1.165, 1.54) is 24.1 Å². The van der Waals surface area contributed by atoms with Gasteiger partial charge in [-0.3, -0.25) is 13.9 Å². The largest absolute Gasteiger partial charge is 0.357 e. The number of nitrogens with one attached hydrogen (secondary N) is 1. The third-order valence-electron chi connectivity index (χ3n) is 6.76. The molecule has 4 aromatic carbocycles. The molecule has 7 nitrogen and oxygen atoms in total. The Morgan fingerprint density at radius 1 is 0.881 bits per heavy atom. The van der Waals surface area contributed by atoms with E-state index in [4.69, 9.17) is 0 Å². The van der Waals surface area contributed by atoms with Gasteiger partial charge in [0.05, 0.1) is 10.6 Å². The Hall–Kier alpha value is -4.02. The molecule has 0 radical (unpaired) electrons. The summed E-state index contributed by atoms with van der Waals surface area (Å²) < 4.78 is 43.2. The number of amides is 2. The Bertz CT molecular complexity index is 1630. The van der Waals surface area contributed by atoms with Gasteiger partial charge in [0.2, 0.25) is 11.8 Å². The van der Waals surface area contributed by atoms with E-state index in [1.54, 1.807) is 24.3 Å². The second kappa shape index (κ2) is 13.8. The monoisotopic (exact) mass is 651 g/mol. The lowest BCUT2D eigenvalue weighted by molar-refractivity contribution is -0.139. The lowest BCUT2D eigenvalue weighted by Crippen LogP contribution is -2.53. The Morgan fingerprint density at radius 2 is 1.52 bits per heavy atom. The minimum absolute atomic E-state index is 0.0571. The Kier molecular flexibility index (Phi) is 10.1. The number of carbonyl (C=O) groups is 2. The van der Waals surface area contributed by atoms with Crippen LogP contribution in [-0.2, 0) is 32.6 Å². The maximum absolute atomic E-state index is 14.2. The maximum Gasteiger partial charge on any atom is 0.264 e. The van der Waals surface area contributed by atoms with Crippen LogP contribution in [0.5, 0.6) is 0 Å². The molecule has 0 heterocycles. The summed E-state index contributed by atoms with van der Waals surface area (Å²) in [6, 6.07) is 26.9. The quantitative estimate of drug-likeness (QED) is 0.233. The van der Waals surface area contributed by atoms with Crippen LogP contribution < -0.4 is 9.62 Å². The molecule has 0 fully saturated rings. The summed E-state index contributed by atoms with van der Waals surface area (Å²) in [5.41, 5.74) is 2.76. The normalized spacial score (nSPS) is 11.9. The third-order valence-corrected chi connectivity index (χ3v) is 9.04. The van der Waals surface area contributed by atoms with Crippen molar-refractivity contribution in [3.63, 3.8) is 0 Å². The molecule has 42 heavy (non-hydrogen) atoms. The van der Waals surface area contributed by atoms with Crippen molar-refractivity contribution in [3.05, 3.63) is 130 Å². The van der Waals surface area contributed by atoms with E-state index < -0.39 is 34.3 Å². The fourth-order valence-electron chi connectivity index (χ4n) is 4.53. The van der Waals surface area contributed by atoms with Crippen molar-refractivity contribution in [1.82, 2.24) is 10.2 Å². The smallest absolute Gasteiger partial charge is 0.264 e. The van der Waals surface area contributed by atoms with Crippen LogP contribution in [0.2, 0.25) is 0 Å². The van der Waals surface area contributed by atoms with Gasteiger partial charge in [-0.2, -0.15) is 0 Å². The fraction of sp³-hybridized carbons (Fsp3) is 0.188. The Morgan fingerprint density at radius 3 is 2.14 bits per heavy atom. The van der Waals surface area contributed by atoms with Crippen LogP contribution in [0.3, 0.4) is 0 Å². The number of carbonyl (C=O) groups excluding carboxylic acids is 2. The van der Waals surface area contributed by atoms with Crippen LogP contribution >= 0.6 is 15.9 Å². The second-order valence-corrected chi connectivity index (χ2v) is 12.6. The van der Waals surface area contributed by atoms with Gasteiger partial charge in [0.15, 0.2) is 0 Å². The summed E-state index contributed by atoms with van der Waals surface area (Å²) in [5.74, 6) is -1.54. The summed E-state index contributed by atoms with van der Waals surface area (Å²) in [5, 5.41) is 2.66. The van der Waals surface area contributed by atoms with Crippen molar-refractivity contribution in [2.24, 2.45) is 0 Å². The summed E-state index contributed by atoms with van der Waals surface area (Å²) in [4.78, 5) is 28.8. The Balaban J connectivity index is 1.78. The number of aryl methyl sites for hydroxylation is 1. The summed E-state index contributed by atoms with van der Waals surface area (Å²) in [7, 11) is -2.79. The molecule has 0 bridgehead atoms. The first-order valence-corrected chi connectivity index (χ1v) is 15.5. The molecule has 218 valence electrons. The van der Waals surface area contributed by atoms with Crippen LogP contribution in [0.1, 0.15) is 16.7 Å². The highest BCUT2D eigenvalue weighted by Gasteiger charge is 2.34. The third kappa shape index (κ3) is 7.63. The zero-order valence-electron chi connectivity index (χ0n) is 23.2. The molecule has 0 aliphatic rings. The van der Waals surface area contributed by atoms with Crippen LogP contribution in [0.25, 0.3) is 0 Å². The highest BCUT2D eigenvalue weighted by Crippen LogP contribution is 2.26. The number of nitrogens with zero attached hydrogens (tertiary/aromatic N) is 2. The molecule has 0 saturated carbocycles. The molecule has 0 unspecified atom stereocenters. The van der Waals surface area contributed by atoms with Crippen molar-refractivity contribution < 1.29 is 22.4 Å². The van der Waals surface area contributed by atoms with Crippen LogP contribution in [0.4, 0.5) is 10.1 Å². The van der Waals surface area contributed by atoms with E-state index in [0.29, 0.717) is 0 Å². The number of hydrogen-bond donors (Lipinski definition) is 1. The number of anilines is 1. The van der Waals surface area contributed by atoms with Gasteiger partial charge >= 0.3 is 0 Å². The topological polar surface area (TPSA) is 86.8 Å². The highest BCUT2D eigenvalue weighted by atomic mass is 79.9. The van der Waals surface area contributed by atoms with Crippen LogP contribution in [-0.4, -0.2) is 44.8 Å². The zero-order valence-corrected chi connectivity index (χ0v) is 25.6. The van der Waals surface area contributed by atoms with Gasteiger partial charge in [-0.25, -0.2) is 12.8 Å². The average molecular weight is 653 g/mol. The maximum atomic E-state index is 14.2. The molecule has 0 aromatic heterocycles. The van der Waals surface area contributed by atoms with Gasteiger partial charge in [-0.05, 0) is 66.6 Å². The number of benzene rings is 4. The number of rotatable bonds is 11. The summed E-state index contributed by atoms with van der Waals surface area (Å²) in [6.45, 7) is 1.34. The highest BCUT2D eigenvalue weighted by molar-refractivity contribution is 9.10. The van der Waals surface area contributed by atoms with Gasteiger partial charge in [0.25, 0.3) is 10.0 Å². The standard InChI is InChI=1S/C32H31BrFN3O4S/c1-23-11-15-28(16-12-23)37(42(40,41)29-17-13-27(34)14-18-29)22-31(38)36(21-25-9-6-10-26(33)19-25)30(32(39)35-2)20-24-7-4-3-5-8-24/h3-19,30H,20-22H2,1-2H3,(H,35,39)/t30-/m0/s1. The SMILES string of the molecule is CNC(=O)[C@H](Cc1ccccc1)N(Cc1cccc(Br)c1)C(=O)CN(c1ccc(C)cc1)S(=O)(=O)c1ccc(F)cc1. The molecule has 0 saturated heterocycles. The molecule has 1 atom stereocenters. The molecule has 0 aliphatic heterocycles. The van der Waals surface area contributed by atoms with Crippen molar-refractivity contribution in [2.75, 3.05) is 17.9 Å². The van der Waals surface area contributed by atoms with E-state index in [-0.39, 0.29) is 29.5 Å². The molecule has 4 rings (SSSR count). The van der Waals surface area contributed by atoms with Crippen molar-refractivity contribution in [3.8, 4) is 0 Å². The summed E-state index contributed by atoms with van der Waals surface area (Å²) >= 11 is 3.46. The minimum atomic E-state index is -4.29. The molecule has 0 aliphatic carbocycles. The molecule has 10 heteroatoms. The number of halogens is 2. The first kappa shape index (κ1) is 30.9. The predicted octanol–water partition coefficient (Wildman–Crippen LogP) is 5.48. The lowest BCUT2D eigenvalue weighted by atomic mass is 10.0. The number of hydrogen-bond acceptors (Lipinski definition) is 4. The first-order chi connectivity index (χ1) is 20.1. The number of likely N-dealkylation sites (N-methyl/N-ethyl adjacent to an activating group) is 1. The molecular formula is C32H31BrFN3O4S. The Labute approximate surface area is 254 Å². The summed E-state index contributed by atoms with van der Waals surface area (Å²) in [6.07, 6.45) is 0.218. The molecular weight excluding hydrogens is 621 g/mol. The second-order valence-electron chi connectivity index (χ2n) is 9.77. The van der Waals surface area contributed by atoms with Crippen LogP contribution in [0.15, 0.2) is 112 Å². The minimum Gasteiger partial charge on any atom is -0.357 e. The van der Waals surface area contributed by atoms with Gasteiger partial charge in [-0.1, -0.05) is 76.1 Å². The van der Waals surface area contributed by atoms with E-state index in [1.807, 2.05) is 61.5 Å². The van der Waals surface area contributed by atoms with E-state index in [9.17, 15) is 22.4 Å². The zero-order chi connectivity index (χ0) is 30.3. The predicted molar refractivity (Wildman–Crippen MR) is 165 cm³/mol. The van der Waals surface area contributed by atoms with Gasteiger partial charge in [0, 0.05) is 24.5 Å². The molecule has 4 aromatic rings. The van der Waals surface area contributed by atoms with Crippen molar-refractivity contribution >= 4 is 43.5 Å². The van der Waals surface area contributed by atoms with E-state index in [0.717, 1.165) is 37.6 Å². The lowest BCUT2D eigenvalue weighted by Gasteiger charge is -2.33. The first-order valence-electron chi connectivity index (χ1n) is 13.2. The van der Waals surface area contributed by atoms with E-state index >= 15 is 0 Å². The van der Waals surface area contributed by atoms with Gasteiger partial charge in [0.1, 0.15) is 18.4 Å². The molecule has 2 amide bonds. The fourth-order valence-corrected chi connectivity index (χ4v) is 6.39.